The number of nitrogens with zero attached hydrogens (tertiary/aromatic N) is 2. The summed E-state index contributed by atoms with van der Waals surface area (Å²) in [7, 11) is -4.51. The Bertz CT molecular complexity index is 2050. The average molecular weight is 857 g/mol. The van der Waals surface area contributed by atoms with Crippen LogP contribution < -0.4 is 15.4 Å². The Labute approximate surface area is 338 Å². The third kappa shape index (κ3) is 9.11. The molecule has 56 heavy (non-hydrogen) atoms. The molecule has 0 spiro atoms. The molecule has 5 amide bonds. The van der Waals surface area contributed by atoms with Gasteiger partial charge in [0, 0.05) is 24.4 Å². The molecule has 14 nitrogen and oxygen atoms in total. The summed E-state index contributed by atoms with van der Waals surface area (Å²) in [6.07, 6.45) is 4.17. The number of alkyl carbamates (subject to hydrolysis) is 1. The van der Waals surface area contributed by atoms with Crippen LogP contribution in [0.4, 0.5) is 14.0 Å². The van der Waals surface area contributed by atoms with Crippen molar-refractivity contribution in [3.05, 3.63) is 62.0 Å². The minimum absolute atomic E-state index is 0.0272. The van der Waals surface area contributed by atoms with Crippen LogP contribution in [0.1, 0.15) is 83.3 Å². The molecule has 4 aliphatic rings. The third-order valence-electron chi connectivity index (χ3n) is 10.8. The van der Waals surface area contributed by atoms with Crippen molar-refractivity contribution in [3.63, 3.8) is 0 Å². The largest absolute Gasteiger partial charge is 0.444 e. The molecule has 2 fully saturated rings. The number of hydrogen-bond acceptors (Lipinski definition) is 10. The standard InChI is InChI=1S/C37H44Cl2FN5O9S2/c1-4-36(2,3)54-34(49)41-26-14-9-7-5-6-8-12-22-17-37(22,33(48)43-56(51,52)28-16-29(38)55-30(28)39)42-31(46)27-15-23(19-45(27)32(26)47)53-35(50)44-18-21-11-10-13-25(40)24(21)20-44/h8,10-13,16,22-23,26-27H,4-7,9,14-15,17-20H2,1-3H3,(H,41,49)(H,42,46)(H,43,48)/b12-8-/t22-,23-,26+,27+,37-/m1/s1. The van der Waals surface area contributed by atoms with Crippen LogP contribution in [0.2, 0.25) is 8.67 Å². The van der Waals surface area contributed by atoms with Gasteiger partial charge in [0.1, 0.15) is 44.4 Å². The first-order valence-electron chi connectivity index (χ1n) is 18.5. The highest BCUT2D eigenvalue weighted by molar-refractivity contribution is 7.90. The summed E-state index contributed by atoms with van der Waals surface area (Å²) in [5.41, 5.74) is -1.54. The first-order chi connectivity index (χ1) is 26.4. The van der Waals surface area contributed by atoms with E-state index in [-0.39, 0.29) is 47.6 Å². The summed E-state index contributed by atoms with van der Waals surface area (Å²) in [6.45, 7) is 5.16. The molecule has 19 heteroatoms. The predicted molar refractivity (Wildman–Crippen MR) is 205 cm³/mol. The normalized spacial score (nSPS) is 26.1. The van der Waals surface area contributed by atoms with E-state index in [2.05, 4.69) is 10.6 Å². The van der Waals surface area contributed by atoms with Crippen LogP contribution in [0.25, 0.3) is 0 Å². The lowest BCUT2D eigenvalue weighted by molar-refractivity contribution is -0.141. The van der Waals surface area contributed by atoms with Crippen molar-refractivity contribution in [2.24, 2.45) is 5.92 Å². The third-order valence-corrected chi connectivity index (χ3v) is 13.8. The van der Waals surface area contributed by atoms with Gasteiger partial charge in [-0.1, -0.05) is 67.3 Å². The Morgan fingerprint density at radius 1 is 1.14 bits per heavy atom. The number of carbonyl (C=O) groups excluding carboxylic acids is 5. The van der Waals surface area contributed by atoms with Gasteiger partial charge in [-0.25, -0.2) is 27.1 Å². The quantitative estimate of drug-likeness (QED) is 0.290. The molecule has 0 unspecified atom stereocenters. The van der Waals surface area contributed by atoms with E-state index in [0.29, 0.717) is 43.2 Å². The van der Waals surface area contributed by atoms with E-state index in [9.17, 15) is 36.8 Å². The van der Waals surface area contributed by atoms with Crippen LogP contribution in [0.3, 0.4) is 0 Å². The summed E-state index contributed by atoms with van der Waals surface area (Å²) in [6, 6.07) is 3.26. The van der Waals surface area contributed by atoms with Crippen molar-refractivity contribution in [3.8, 4) is 0 Å². The Kier molecular flexibility index (Phi) is 12.3. The van der Waals surface area contributed by atoms with E-state index in [1.165, 1.54) is 15.9 Å². The Balaban J connectivity index is 1.27. The zero-order valence-corrected chi connectivity index (χ0v) is 34.2. The second kappa shape index (κ2) is 16.5. The van der Waals surface area contributed by atoms with E-state index in [1.54, 1.807) is 32.1 Å². The Hall–Kier alpha value is -3.93. The number of hydrogen-bond donors (Lipinski definition) is 3. The molecule has 1 saturated heterocycles. The summed E-state index contributed by atoms with van der Waals surface area (Å²) in [4.78, 5) is 71.3. The van der Waals surface area contributed by atoms with Gasteiger partial charge in [-0.05, 0) is 63.6 Å². The van der Waals surface area contributed by atoms with Gasteiger partial charge in [-0.2, -0.15) is 0 Å². The summed E-state index contributed by atoms with van der Waals surface area (Å²) < 4.78 is 54.4. The van der Waals surface area contributed by atoms with Crippen LogP contribution >= 0.6 is 34.5 Å². The van der Waals surface area contributed by atoms with Crippen LogP contribution in [0.5, 0.6) is 0 Å². The molecule has 1 aromatic carbocycles. The SMILES string of the molecule is CCC(C)(C)OC(=O)N[C@H]1CCCCC/C=C\[C@@H]2C[C@@]2(C(=O)NS(=O)(=O)c2cc(Cl)sc2Cl)NC(=O)[C@@H]2C[C@@H](OC(=O)N3Cc4cccc(F)c4C3)CN2C1=O. The van der Waals surface area contributed by atoms with Crippen molar-refractivity contribution in [1.82, 2.24) is 25.2 Å². The van der Waals surface area contributed by atoms with Crippen molar-refractivity contribution in [1.29, 1.82) is 0 Å². The molecule has 5 atom stereocenters. The maximum Gasteiger partial charge on any atom is 0.410 e. The van der Waals surface area contributed by atoms with Gasteiger partial charge in [0.2, 0.25) is 11.8 Å². The van der Waals surface area contributed by atoms with Crippen molar-refractivity contribution in [2.45, 2.75) is 119 Å². The lowest BCUT2D eigenvalue weighted by Crippen LogP contribution is -2.58. The fraction of sp³-hybridized carbons (Fsp3) is 0.541. The number of rotatable bonds is 7. The van der Waals surface area contributed by atoms with E-state index < -0.39 is 85.9 Å². The maximum absolute atomic E-state index is 14.5. The highest BCUT2D eigenvalue weighted by atomic mass is 35.5. The zero-order chi connectivity index (χ0) is 40.6. The molecular formula is C37H44Cl2FN5O9S2. The number of amides is 5. The van der Waals surface area contributed by atoms with Gasteiger partial charge in [0.15, 0.2) is 0 Å². The minimum Gasteiger partial charge on any atom is -0.444 e. The lowest BCUT2D eigenvalue weighted by atomic mass is 10.0. The molecule has 1 saturated carbocycles. The molecule has 6 rings (SSSR count). The highest BCUT2D eigenvalue weighted by Crippen LogP contribution is 2.46. The molecule has 1 aromatic heterocycles. The number of allylic oxidation sites excluding steroid dienone is 1. The summed E-state index contributed by atoms with van der Waals surface area (Å²) in [5.74, 6) is -3.47. The van der Waals surface area contributed by atoms with Gasteiger partial charge in [-0.3, -0.25) is 19.3 Å². The van der Waals surface area contributed by atoms with Crippen LogP contribution in [0.15, 0.2) is 41.3 Å². The predicted octanol–water partition coefficient (Wildman–Crippen LogP) is 5.80. The number of fused-ring (bicyclic) bond motifs is 3. The first-order valence-corrected chi connectivity index (χ1v) is 21.5. The topological polar surface area (TPSA) is 181 Å². The molecule has 1 aliphatic carbocycles. The molecule has 4 heterocycles. The average Bonchev–Trinajstić information content (AvgIpc) is 3.43. The monoisotopic (exact) mass is 855 g/mol. The van der Waals surface area contributed by atoms with Crippen LogP contribution in [-0.2, 0) is 47.0 Å². The van der Waals surface area contributed by atoms with Gasteiger partial charge in [0.25, 0.3) is 15.9 Å². The highest BCUT2D eigenvalue weighted by Gasteiger charge is 2.62. The fourth-order valence-electron chi connectivity index (χ4n) is 7.16. The molecule has 304 valence electrons. The smallest absolute Gasteiger partial charge is 0.410 e. The van der Waals surface area contributed by atoms with E-state index >= 15 is 0 Å². The molecule has 3 N–H and O–H groups in total. The fourth-order valence-corrected chi connectivity index (χ4v) is 10.4. The number of benzene rings is 1. The second-order valence-corrected chi connectivity index (χ2v) is 19.1. The van der Waals surface area contributed by atoms with E-state index in [0.717, 1.165) is 17.4 Å². The molecule has 0 radical (unpaired) electrons. The van der Waals surface area contributed by atoms with E-state index in [1.807, 2.05) is 17.7 Å². The van der Waals surface area contributed by atoms with Gasteiger partial charge in [-0.15, -0.1) is 11.3 Å². The Morgan fingerprint density at radius 2 is 1.91 bits per heavy atom. The minimum atomic E-state index is -4.51. The Morgan fingerprint density at radius 3 is 2.61 bits per heavy atom. The van der Waals surface area contributed by atoms with Crippen molar-refractivity contribution < 1.29 is 46.3 Å². The van der Waals surface area contributed by atoms with Gasteiger partial charge < -0.3 is 25.0 Å². The lowest BCUT2D eigenvalue weighted by Gasteiger charge is -2.30. The summed E-state index contributed by atoms with van der Waals surface area (Å²) in [5, 5.41) is 5.43. The van der Waals surface area contributed by atoms with Crippen LogP contribution in [-0.4, -0.2) is 84.0 Å². The number of nitrogens with one attached hydrogen (secondary N) is 3. The van der Waals surface area contributed by atoms with Gasteiger partial charge >= 0.3 is 12.2 Å². The first kappa shape index (κ1) is 41.7. The zero-order valence-electron chi connectivity index (χ0n) is 31.1. The number of carbonyl (C=O) groups is 5. The number of thiophene rings is 1. The molecule has 0 bridgehead atoms. The van der Waals surface area contributed by atoms with Crippen LogP contribution in [0, 0.1) is 11.7 Å². The number of sulfonamides is 1. The van der Waals surface area contributed by atoms with Crippen molar-refractivity contribution >= 4 is 74.5 Å². The molecule has 2 aromatic rings. The number of halogens is 3. The van der Waals surface area contributed by atoms with Gasteiger partial charge in [0.05, 0.1) is 17.4 Å². The molecule has 3 aliphatic heterocycles. The maximum atomic E-state index is 14.5. The summed E-state index contributed by atoms with van der Waals surface area (Å²) >= 11 is 12.9. The number of ether oxygens (including phenoxy) is 2. The van der Waals surface area contributed by atoms with Crippen molar-refractivity contribution in [2.75, 3.05) is 6.54 Å². The molecular weight excluding hydrogens is 812 g/mol. The van der Waals surface area contributed by atoms with E-state index in [4.69, 9.17) is 32.7 Å². The second-order valence-electron chi connectivity index (χ2n) is 15.1.